The van der Waals surface area contributed by atoms with Gasteiger partial charge in [0.1, 0.15) is 6.04 Å². The first-order valence-electron chi connectivity index (χ1n) is 8.00. The second-order valence-electron chi connectivity index (χ2n) is 5.78. The van der Waals surface area contributed by atoms with Crippen LogP contribution in [0.5, 0.6) is 0 Å². The summed E-state index contributed by atoms with van der Waals surface area (Å²) in [6.45, 7) is 1.10. The molecule has 0 unspecified atom stereocenters. The lowest BCUT2D eigenvalue weighted by molar-refractivity contribution is -0.139. The quantitative estimate of drug-likeness (QED) is 0.789. The average Bonchev–Trinajstić information content (AvgIpc) is 3.07. The number of carbonyl (C=O) groups excluding carboxylic acids is 2. The van der Waals surface area contributed by atoms with Crippen molar-refractivity contribution in [1.29, 1.82) is 0 Å². The minimum atomic E-state index is -0.509. The number of carbonyl (C=O) groups is 2. The Hall–Kier alpha value is -1.53. The van der Waals surface area contributed by atoms with Crippen molar-refractivity contribution in [2.75, 3.05) is 18.6 Å². The third-order valence-corrected chi connectivity index (χ3v) is 4.74. The second kappa shape index (κ2) is 8.93. The zero-order chi connectivity index (χ0) is 16.7. The Bertz CT molecular complexity index is 524. The van der Waals surface area contributed by atoms with Crippen LogP contribution >= 0.6 is 11.8 Å². The van der Waals surface area contributed by atoms with Gasteiger partial charge in [-0.25, -0.2) is 0 Å². The lowest BCUT2D eigenvalue weighted by Gasteiger charge is -2.26. The van der Waals surface area contributed by atoms with Gasteiger partial charge in [-0.05, 0) is 36.8 Å². The zero-order valence-electron chi connectivity index (χ0n) is 13.5. The van der Waals surface area contributed by atoms with Gasteiger partial charge in [-0.1, -0.05) is 30.3 Å². The van der Waals surface area contributed by atoms with Gasteiger partial charge in [-0.2, -0.15) is 11.8 Å². The Labute approximate surface area is 142 Å². The summed E-state index contributed by atoms with van der Waals surface area (Å²) in [4.78, 5) is 26.5. The normalized spacial score (nSPS) is 18.7. The first-order valence-corrected chi connectivity index (χ1v) is 9.39. The van der Waals surface area contributed by atoms with Crippen molar-refractivity contribution in [3.63, 3.8) is 0 Å². The highest BCUT2D eigenvalue weighted by Gasteiger charge is 2.35. The van der Waals surface area contributed by atoms with Gasteiger partial charge in [-0.3, -0.25) is 9.59 Å². The summed E-state index contributed by atoms with van der Waals surface area (Å²) in [5, 5.41) is 2.93. The predicted molar refractivity (Wildman–Crippen MR) is 94.0 cm³/mol. The molecule has 1 fully saturated rings. The molecule has 3 N–H and O–H groups in total. The molecule has 1 aromatic carbocycles. The number of nitrogens with two attached hydrogens (primary N) is 1. The highest BCUT2D eigenvalue weighted by atomic mass is 32.2. The van der Waals surface area contributed by atoms with Crippen LogP contribution in [0.25, 0.3) is 0 Å². The first-order chi connectivity index (χ1) is 11.1. The van der Waals surface area contributed by atoms with Gasteiger partial charge in [-0.15, -0.1) is 0 Å². The molecule has 1 heterocycles. The molecule has 0 saturated carbocycles. The molecular formula is C17H25N3O2S. The van der Waals surface area contributed by atoms with Crippen molar-refractivity contribution in [2.24, 2.45) is 5.73 Å². The molecule has 0 bridgehead atoms. The van der Waals surface area contributed by atoms with Crippen molar-refractivity contribution >= 4 is 23.6 Å². The van der Waals surface area contributed by atoms with Gasteiger partial charge in [0.2, 0.25) is 11.8 Å². The number of amides is 2. The monoisotopic (exact) mass is 335 g/mol. The smallest absolute Gasteiger partial charge is 0.243 e. The summed E-state index contributed by atoms with van der Waals surface area (Å²) in [6.07, 6.45) is 4.20. The van der Waals surface area contributed by atoms with E-state index in [9.17, 15) is 9.59 Å². The lowest BCUT2D eigenvalue weighted by atomic mass is 10.1. The number of nitrogens with zero attached hydrogens (tertiary/aromatic N) is 1. The molecule has 0 aromatic heterocycles. The molecule has 2 rings (SSSR count). The van der Waals surface area contributed by atoms with E-state index < -0.39 is 6.04 Å². The van der Waals surface area contributed by atoms with Crippen LogP contribution in [0.1, 0.15) is 24.8 Å². The number of benzene rings is 1. The summed E-state index contributed by atoms with van der Waals surface area (Å²) >= 11 is 1.67. The van der Waals surface area contributed by atoms with Gasteiger partial charge in [0.25, 0.3) is 0 Å². The Balaban J connectivity index is 1.89. The third-order valence-electron chi connectivity index (χ3n) is 4.10. The van der Waals surface area contributed by atoms with Crippen LogP contribution in [-0.2, 0) is 16.1 Å². The van der Waals surface area contributed by atoms with E-state index in [1.54, 1.807) is 16.7 Å². The minimum Gasteiger partial charge on any atom is -0.350 e. The molecular weight excluding hydrogens is 310 g/mol. The highest BCUT2D eigenvalue weighted by Crippen LogP contribution is 2.19. The fourth-order valence-corrected chi connectivity index (χ4v) is 3.28. The maximum Gasteiger partial charge on any atom is 0.243 e. The van der Waals surface area contributed by atoms with Crippen molar-refractivity contribution < 1.29 is 9.59 Å². The largest absolute Gasteiger partial charge is 0.350 e. The van der Waals surface area contributed by atoms with Gasteiger partial charge >= 0.3 is 0 Å². The highest BCUT2D eigenvalue weighted by molar-refractivity contribution is 7.98. The van der Waals surface area contributed by atoms with E-state index in [0.29, 0.717) is 25.9 Å². The number of likely N-dealkylation sites (tertiary alicyclic amines) is 1. The fourth-order valence-electron chi connectivity index (χ4n) is 2.79. The standard InChI is InChI=1S/C17H25N3O2S/c1-23-11-9-14(18)17(22)20-10-5-8-15(20)16(21)19-12-13-6-3-2-4-7-13/h2-4,6-7,14-15H,5,8-12,18H2,1H3,(H,19,21)/t14-,15-/m0/s1. The Kier molecular flexibility index (Phi) is 6.92. The summed E-state index contributed by atoms with van der Waals surface area (Å²) in [5.74, 6) is 0.666. The van der Waals surface area contributed by atoms with Gasteiger partial charge in [0.15, 0.2) is 0 Å². The maximum absolute atomic E-state index is 12.5. The number of rotatable bonds is 7. The van der Waals surface area contributed by atoms with Gasteiger partial charge in [0.05, 0.1) is 6.04 Å². The number of nitrogens with one attached hydrogen (secondary N) is 1. The van der Waals surface area contributed by atoms with Crippen LogP contribution in [0, 0.1) is 0 Å². The van der Waals surface area contributed by atoms with Crippen molar-refractivity contribution in [3.8, 4) is 0 Å². The van der Waals surface area contributed by atoms with Crippen molar-refractivity contribution in [3.05, 3.63) is 35.9 Å². The number of hydrogen-bond acceptors (Lipinski definition) is 4. The molecule has 0 radical (unpaired) electrons. The van der Waals surface area contributed by atoms with Gasteiger partial charge in [0, 0.05) is 13.1 Å². The minimum absolute atomic E-state index is 0.0863. The number of hydrogen-bond donors (Lipinski definition) is 2. The molecule has 6 heteroatoms. The summed E-state index contributed by atoms with van der Waals surface area (Å²) < 4.78 is 0. The summed E-state index contributed by atoms with van der Waals surface area (Å²) in [7, 11) is 0. The van der Waals surface area contributed by atoms with Crippen LogP contribution in [0.2, 0.25) is 0 Å². The second-order valence-corrected chi connectivity index (χ2v) is 6.77. The van der Waals surface area contributed by atoms with Crippen LogP contribution in [0.3, 0.4) is 0 Å². The number of thioether (sulfide) groups is 1. The molecule has 23 heavy (non-hydrogen) atoms. The SMILES string of the molecule is CSCC[C@H](N)C(=O)N1CCC[C@H]1C(=O)NCc1ccccc1. The van der Waals surface area contributed by atoms with Crippen molar-refractivity contribution in [1.82, 2.24) is 10.2 Å². The Morgan fingerprint density at radius 3 is 2.83 bits per heavy atom. The third kappa shape index (κ3) is 4.97. The van der Waals surface area contributed by atoms with E-state index in [1.807, 2.05) is 36.6 Å². The molecule has 1 aromatic rings. The molecule has 5 nitrogen and oxygen atoms in total. The van der Waals surface area contributed by atoms with E-state index >= 15 is 0 Å². The molecule has 2 amide bonds. The van der Waals surface area contributed by atoms with E-state index in [-0.39, 0.29) is 17.9 Å². The predicted octanol–water partition coefficient (Wildman–Crippen LogP) is 1.37. The molecule has 0 spiro atoms. The molecule has 1 aliphatic rings. The van der Waals surface area contributed by atoms with Crippen LogP contribution in [0.15, 0.2) is 30.3 Å². The van der Waals surface area contributed by atoms with Crippen LogP contribution in [0.4, 0.5) is 0 Å². The summed E-state index contributed by atoms with van der Waals surface area (Å²) in [5.41, 5.74) is 7.02. The summed E-state index contributed by atoms with van der Waals surface area (Å²) in [6, 6.07) is 8.87. The zero-order valence-corrected chi connectivity index (χ0v) is 14.3. The first kappa shape index (κ1) is 17.8. The molecule has 1 saturated heterocycles. The fraction of sp³-hybridized carbons (Fsp3) is 0.529. The Morgan fingerprint density at radius 1 is 1.39 bits per heavy atom. The van der Waals surface area contributed by atoms with E-state index in [4.69, 9.17) is 5.73 Å². The lowest BCUT2D eigenvalue weighted by Crippen LogP contribution is -2.51. The Morgan fingerprint density at radius 2 is 2.13 bits per heavy atom. The van der Waals surface area contributed by atoms with Crippen molar-refractivity contribution in [2.45, 2.75) is 37.9 Å². The van der Waals surface area contributed by atoms with E-state index in [2.05, 4.69) is 5.32 Å². The average molecular weight is 335 g/mol. The van der Waals surface area contributed by atoms with E-state index in [0.717, 1.165) is 17.7 Å². The van der Waals surface area contributed by atoms with Gasteiger partial charge < -0.3 is 16.0 Å². The van der Waals surface area contributed by atoms with Crippen LogP contribution < -0.4 is 11.1 Å². The molecule has 2 atom stereocenters. The molecule has 0 aliphatic carbocycles. The maximum atomic E-state index is 12.5. The molecule has 126 valence electrons. The van der Waals surface area contributed by atoms with Crippen LogP contribution in [-0.4, -0.2) is 47.4 Å². The van der Waals surface area contributed by atoms with E-state index in [1.165, 1.54) is 0 Å². The topological polar surface area (TPSA) is 75.4 Å². The molecule has 1 aliphatic heterocycles.